The second kappa shape index (κ2) is 5.70. The fraction of sp³-hybridized carbons (Fsp3) is 0.400. The number of nitrogens with zero attached hydrogens (tertiary/aromatic N) is 2. The highest BCUT2D eigenvalue weighted by Crippen LogP contribution is 2.37. The molecule has 0 bridgehead atoms. The Morgan fingerprint density at radius 2 is 2.00 bits per heavy atom. The SMILES string of the molecule is CCSc1ccccc1-c1nn(C(C)C)c(C)c1O. The lowest BCUT2D eigenvalue weighted by Crippen LogP contribution is -2.04. The Balaban J connectivity index is 2.56. The molecule has 102 valence electrons. The number of aromatic hydroxyl groups is 1. The third kappa shape index (κ3) is 2.63. The van der Waals surface area contributed by atoms with Crippen LogP contribution in [0.3, 0.4) is 0 Å². The maximum atomic E-state index is 10.3. The average molecular weight is 276 g/mol. The maximum absolute atomic E-state index is 10.3. The van der Waals surface area contributed by atoms with E-state index in [1.807, 2.05) is 29.8 Å². The number of hydrogen-bond acceptors (Lipinski definition) is 3. The summed E-state index contributed by atoms with van der Waals surface area (Å²) in [6, 6.07) is 8.34. The van der Waals surface area contributed by atoms with Gasteiger partial charge in [-0.05, 0) is 32.6 Å². The lowest BCUT2D eigenvalue weighted by atomic mass is 10.1. The number of rotatable bonds is 4. The second-order valence-electron chi connectivity index (χ2n) is 4.75. The largest absolute Gasteiger partial charge is 0.504 e. The fourth-order valence-electron chi connectivity index (χ4n) is 2.14. The Labute approximate surface area is 118 Å². The Morgan fingerprint density at radius 3 is 2.58 bits per heavy atom. The number of aromatic nitrogens is 2. The summed E-state index contributed by atoms with van der Waals surface area (Å²) in [5.41, 5.74) is 2.51. The molecule has 0 amide bonds. The normalized spacial score (nSPS) is 11.2. The average Bonchev–Trinajstić information content (AvgIpc) is 2.68. The first-order valence-corrected chi connectivity index (χ1v) is 7.55. The predicted molar refractivity (Wildman–Crippen MR) is 80.8 cm³/mol. The highest BCUT2D eigenvalue weighted by Gasteiger charge is 2.18. The zero-order valence-corrected chi connectivity index (χ0v) is 12.7. The molecule has 0 atom stereocenters. The number of benzene rings is 1. The van der Waals surface area contributed by atoms with Crippen molar-refractivity contribution in [2.45, 2.75) is 38.6 Å². The van der Waals surface area contributed by atoms with Gasteiger partial charge in [0, 0.05) is 16.5 Å². The molecule has 0 saturated heterocycles. The minimum atomic E-state index is 0.241. The van der Waals surface area contributed by atoms with Crippen molar-refractivity contribution in [2.75, 3.05) is 5.75 Å². The van der Waals surface area contributed by atoms with E-state index >= 15 is 0 Å². The molecule has 0 unspecified atom stereocenters. The highest BCUT2D eigenvalue weighted by molar-refractivity contribution is 7.99. The molecule has 2 rings (SSSR count). The molecule has 1 aromatic heterocycles. The summed E-state index contributed by atoms with van der Waals surface area (Å²) in [6.45, 7) is 8.16. The van der Waals surface area contributed by atoms with E-state index in [0.717, 1.165) is 21.9 Å². The standard InChI is InChI=1S/C15H20N2OS/c1-5-19-13-9-7-6-8-12(13)14-15(18)11(4)17(16-14)10(2)3/h6-10,18H,5H2,1-4H3. The molecule has 4 heteroatoms. The van der Waals surface area contributed by atoms with Gasteiger partial charge in [0.15, 0.2) is 5.75 Å². The van der Waals surface area contributed by atoms with Crippen LogP contribution in [-0.4, -0.2) is 20.6 Å². The zero-order chi connectivity index (χ0) is 14.0. The first-order chi connectivity index (χ1) is 9.06. The minimum absolute atomic E-state index is 0.241. The Bertz CT molecular complexity index is 576. The van der Waals surface area contributed by atoms with Crippen molar-refractivity contribution in [1.29, 1.82) is 0 Å². The molecule has 0 aliphatic heterocycles. The van der Waals surface area contributed by atoms with Crippen molar-refractivity contribution in [3.63, 3.8) is 0 Å². The van der Waals surface area contributed by atoms with Crippen LogP contribution in [0.1, 0.15) is 32.5 Å². The van der Waals surface area contributed by atoms with Gasteiger partial charge in [0.2, 0.25) is 0 Å². The van der Waals surface area contributed by atoms with Crippen molar-refractivity contribution in [1.82, 2.24) is 9.78 Å². The van der Waals surface area contributed by atoms with Crippen LogP contribution in [0.4, 0.5) is 0 Å². The monoisotopic (exact) mass is 276 g/mol. The molecule has 0 radical (unpaired) electrons. The number of hydrogen-bond donors (Lipinski definition) is 1. The van der Waals surface area contributed by atoms with E-state index in [1.54, 1.807) is 11.8 Å². The van der Waals surface area contributed by atoms with Gasteiger partial charge in [-0.25, -0.2) is 0 Å². The van der Waals surface area contributed by atoms with E-state index in [2.05, 4.69) is 31.9 Å². The minimum Gasteiger partial charge on any atom is -0.504 e. The third-order valence-electron chi connectivity index (χ3n) is 3.05. The molecular weight excluding hydrogens is 256 g/mol. The molecule has 1 aromatic carbocycles. The van der Waals surface area contributed by atoms with Crippen LogP contribution in [0.15, 0.2) is 29.2 Å². The van der Waals surface area contributed by atoms with Gasteiger partial charge in [0.25, 0.3) is 0 Å². The van der Waals surface area contributed by atoms with E-state index in [1.165, 1.54) is 0 Å². The van der Waals surface area contributed by atoms with Gasteiger partial charge in [-0.1, -0.05) is 25.1 Å². The van der Waals surface area contributed by atoms with Crippen LogP contribution in [0.2, 0.25) is 0 Å². The second-order valence-corrected chi connectivity index (χ2v) is 6.06. The summed E-state index contributed by atoms with van der Waals surface area (Å²) in [7, 11) is 0. The molecule has 19 heavy (non-hydrogen) atoms. The summed E-state index contributed by atoms with van der Waals surface area (Å²) >= 11 is 1.77. The van der Waals surface area contributed by atoms with Gasteiger partial charge in [-0.3, -0.25) is 4.68 Å². The topological polar surface area (TPSA) is 38.0 Å². The summed E-state index contributed by atoms with van der Waals surface area (Å²) < 4.78 is 1.87. The molecule has 0 saturated carbocycles. The van der Waals surface area contributed by atoms with Crippen molar-refractivity contribution in [3.05, 3.63) is 30.0 Å². The van der Waals surface area contributed by atoms with Gasteiger partial charge in [0.05, 0.1) is 5.69 Å². The molecule has 2 aromatic rings. The molecule has 1 heterocycles. The lowest BCUT2D eigenvalue weighted by Gasteiger charge is -2.07. The quantitative estimate of drug-likeness (QED) is 0.848. The van der Waals surface area contributed by atoms with E-state index in [4.69, 9.17) is 0 Å². The van der Waals surface area contributed by atoms with Gasteiger partial charge in [-0.2, -0.15) is 5.10 Å². The highest BCUT2D eigenvalue weighted by atomic mass is 32.2. The van der Waals surface area contributed by atoms with Gasteiger partial charge < -0.3 is 5.11 Å². The van der Waals surface area contributed by atoms with Crippen molar-refractivity contribution >= 4 is 11.8 Å². The molecule has 0 spiro atoms. The molecule has 1 N–H and O–H groups in total. The zero-order valence-electron chi connectivity index (χ0n) is 11.8. The van der Waals surface area contributed by atoms with Crippen molar-refractivity contribution in [2.24, 2.45) is 0 Å². The lowest BCUT2D eigenvalue weighted by molar-refractivity contribution is 0.461. The predicted octanol–water partition coefficient (Wildman–Crippen LogP) is 4.26. The molecular formula is C15H20N2OS. The van der Waals surface area contributed by atoms with E-state index in [-0.39, 0.29) is 11.8 Å². The summed E-state index contributed by atoms with van der Waals surface area (Å²) in [5.74, 6) is 1.29. The molecule has 0 aliphatic carbocycles. The molecule has 0 fully saturated rings. The van der Waals surface area contributed by atoms with E-state index in [0.29, 0.717) is 5.69 Å². The van der Waals surface area contributed by atoms with E-state index < -0.39 is 0 Å². The maximum Gasteiger partial charge on any atom is 0.164 e. The first kappa shape index (κ1) is 14.0. The third-order valence-corrected chi connectivity index (χ3v) is 4.01. The molecule has 3 nitrogen and oxygen atoms in total. The Hall–Kier alpha value is -1.42. The summed E-state index contributed by atoms with van der Waals surface area (Å²) in [4.78, 5) is 1.16. The van der Waals surface area contributed by atoms with Crippen LogP contribution in [0, 0.1) is 6.92 Å². The van der Waals surface area contributed by atoms with Crippen LogP contribution < -0.4 is 0 Å². The van der Waals surface area contributed by atoms with Gasteiger partial charge in [-0.15, -0.1) is 11.8 Å². The van der Waals surface area contributed by atoms with Crippen LogP contribution in [0.25, 0.3) is 11.3 Å². The Morgan fingerprint density at radius 1 is 1.32 bits per heavy atom. The summed E-state index contributed by atoms with van der Waals surface area (Å²) in [5, 5.41) is 14.9. The number of thioether (sulfide) groups is 1. The van der Waals surface area contributed by atoms with Crippen LogP contribution >= 0.6 is 11.8 Å². The molecule has 0 aliphatic rings. The van der Waals surface area contributed by atoms with Gasteiger partial charge >= 0.3 is 0 Å². The van der Waals surface area contributed by atoms with Crippen molar-refractivity contribution < 1.29 is 5.11 Å². The van der Waals surface area contributed by atoms with E-state index in [9.17, 15) is 5.11 Å². The van der Waals surface area contributed by atoms with Crippen molar-refractivity contribution in [3.8, 4) is 17.0 Å². The van der Waals surface area contributed by atoms with Crippen LogP contribution in [-0.2, 0) is 0 Å². The fourth-order valence-corrected chi connectivity index (χ4v) is 2.94. The van der Waals surface area contributed by atoms with Gasteiger partial charge in [0.1, 0.15) is 5.69 Å². The smallest absolute Gasteiger partial charge is 0.164 e. The Kier molecular flexibility index (Phi) is 4.20. The van der Waals surface area contributed by atoms with Crippen LogP contribution in [0.5, 0.6) is 5.75 Å². The summed E-state index contributed by atoms with van der Waals surface area (Å²) in [6.07, 6.45) is 0. The first-order valence-electron chi connectivity index (χ1n) is 6.56.